The fraction of sp³-hybridized carbons (Fsp3) is 0.429. The Labute approximate surface area is 133 Å². The molecule has 1 atom stereocenters. The Hall–Kier alpha value is -2.00. The average molecular weight is 346 g/mol. The number of halogens is 1. The summed E-state index contributed by atoms with van der Waals surface area (Å²) in [5.74, 6) is -3.80. The topological polar surface area (TPSA) is 113 Å². The van der Waals surface area contributed by atoms with E-state index in [1.165, 1.54) is 12.1 Å². The van der Waals surface area contributed by atoms with E-state index in [9.17, 15) is 22.4 Å². The highest BCUT2D eigenvalue weighted by atomic mass is 32.2. The molecule has 0 saturated carbocycles. The number of rotatable bonds is 8. The highest BCUT2D eigenvalue weighted by Gasteiger charge is 2.22. The lowest BCUT2D eigenvalue weighted by Crippen LogP contribution is -2.41. The number of anilines is 1. The summed E-state index contributed by atoms with van der Waals surface area (Å²) in [7, 11) is -3.95. The van der Waals surface area contributed by atoms with E-state index in [-0.39, 0.29) is 12.3 Å². The predicted molar refractivity (Wildman–Crippen MR) is 83.0 cm³/mol. The van der Waals surface area contributed by atoms with Gasteiger partial charge in [0.25, 0.3) is 0 Å². The van der Waals surface area contributed by atoms with E-state index in [0.717, 1.165) is 12.1 Å². The summed E-state index contributed by atoms with van der Waals surface area (Å²) in [6, 6.07) is 4.30. The number of benzene rings is 1. The minimum absolute atomic E-state index is 0.252. The normalized spacial score (nSPS) is 12.5. The first kappa shape index (κ1) is 19.0. The molecule has 2 amide bonds. The van der Waals surface area contributed by atoms with Crippen LogP contribution in [0.1, 0.15) is 13.3 Å². The largest absolute Gasteiger partial charge is 0.394 e. The highest BCUT2D eigenvalue weighted by Crippen LogP contribution is 2.08. The standard InChI is InChI=1S/C14H19FN2O5S/c1-2-11(7-18)16-13(19)8-23(21,22)9-14(20)17-12-5-3-10(15)4-6-12/h3-6,11,18H,2,7-9H2,1H3,(H,16,19)(H,17,20). The van der Waals surface area contributed by atoms with Crippen molar-refractivity contribution in [3.63, 3.8) is 0 Å². The third-order valence-corrected chi connectivity index (χ3v) is 4.31. The van der Waals surface area contributed by atoms with Crippen molar-refractivity contribution in [2.75, 3.05) is 23.4 Å². The van der Waals surface area contributed by atoms with Gasteiger partial charge < -0.3 is 15.7 Å². The van der Waals surface area contributed by atoms with Gasteiger partial charge in [0.15, 0.2) is 9.84 Å². The van der Waals surface area contributed by atoms with Gasteiger partial charge in [-0.15, -0.1) is 0 Å². The first-order chi connectivity index (χ1) is 10.8. The number of aliphatic hydroxyl groups excluding tert-OH is 1. The van der Waals surface area contributed by atoms with Crippen LogP contribution in [0, 0.1) is 5.82 Å². The molecule has 1 aromatic rings. The van der Waals surface area contributed by atoms with E-state index in [1.807, 2.05) is 0 Å². The lowest BCUT2D eigenvalue weighted by molar-refractivity contribution is -0.119. The molecular formula is C14H19FN2O5S. The summed E-state index contributed by atoms with van der Waals surface area (Å²) in [6.07, 6.45) is 0.452. The zero-order valence-corrected chi connectivity index (χ0v) is 13.4. The summed E-state index contributed by atoms with van der Waals surface area (Å²) in [5.41, 5.74) is 0.252. The molecular weight excluding hydrogens is 327 g/mol. The number of amides is 2. The second-order valence-corrected chi connectivity index (χ2v) is 7.01. The number of hydrogen-bond acceptors (Lipinski definition) is 5. The van der Waals surface area contributed by atoms with Crippen LogP contribution in [0.3, 0.4) is 0 Å². The van der Waals surface area contributed by atoms with E-state index in [4.69, 9.17) is 5.11 Å². The Bertz CT molecular complexity index is 642. The maximum absolute atomic E-state index is 12.7. The molecule has 9 heteroatoms. The summed E-state index contributed by atoms with van der Waals surface area (Å²) >= 11 is 0. The number of carbonyl (C=O) groups is 2. The first-order valence-electron chi connectivity index (χ1n) is 6.91. The Morgan fingerprint density at radius 2 is 1.74 bits per heavy atom. The summed E-state index contributed by atoms with van der Waals surface area (Å²) in [5, 5.41) is 13.6. The van der Waals surface area contributed by atoms with Crippen LogP contribution in [0.4, 0.5) is 10.1 Å². The van der Waals surface area contributed by atoms with E-state index in [0.29, 0.717) is 6.42 Å². The van der Waals surface area contributed by atoms with Crippen molar-refractivity contribution in [3.05, 3.63) is 30.1 Å². The predicted octanol–water partition coefficient (Wildman–Crippen LogP) is 0.0661. The van der Waals surface area contributed by atoms with Gasteiger partial charge in [-0.25, -0.2) is 12.8 Å². The van der Waals surface area contributed by atoms with E-state index < -0.39 is 45.0 Å². The lowest BCUT2D eigenvalue weighted by Gasteiger charge is -2.13. The molecule has 3 N–H and O–H groups in total. The number of hydrogen-bond donors (Lipinski definition) is 3. The summed E-state index contributed by atoms with van der Waals surface area (Å²) in [6.45, 7) is 1.43. The molecule has 128 valence electrons. The molecule has 0 heterocycles. The van der Waals surface area contributed by atoms with Gasteiger partial charge in [-0.05, 0) is 30.7 Å². The molecule has 0 fully saturated rings. The molecule has 0 bridgehead atoms. The maximum Gasteiger partial charge on any atom is 0.239 e. The number of aliphatic hydroxyl groups is 1. The summed E-state index contributed by atoms with van der Waals surface area (Å²) < 4.78 is 36.3. The molecule has 0 spiro atoms. The molecule has 7 nitrogen and oxygen atoms in total. The third kappa shape index (κ3) is 7.20. The van der Waals surface area contributed by atoms with E-state index in [2.05, 4.69) is 10.6 Å². The van der Waals surface area contributed by atoms with Gasteiger partial charge in [0.1, 0.15) is 17.3 Å². The Morgan fingerprint density at radius 1 is 1.17 bits per heavy atom. The second-order valence-electron chi connectivity index (χ2n) is 4.94. The second kappa shape index (κ2) is 8.59. The zero-order chi connectivity index (χ0) is 17.5. The van der Waals surface area contributed by atoms with Crippen LogP contribution >= 0.6 is 0 Å². The van der Waals surface area contributed by atoms with Crippen molar-refractivity contribution in [3.8, 4) is 0 Å². The van der Waals surface area contributed by atoms with Gasteiger partial charge in [-0.1, -0.05) is 6.92 Å². The fourth-order valence-corrected chi connectivity index (χ4v) is 2.78. The minimum Gasteiger partial charge on any atom is -0.394 e. The van der Waals surface area contributed by atoms with Gasteiger partial charge in [-0.3, -0.25) is 9.59 Å². The summed E-state index contributed by atoms with van der Waals surface area (Å²) in [4.78, 5) is 23.3. The van der Waals surface area contributed by atoms with Crippen LogP contribution < -0.4 is 10.6 Å². The van der Waals surface area contributed by atoms with Gasteiger partial charge in [-0.2, -0.15) is 0 Å². The fourth-order valence-electron chi connectivity index (χ4n) is 1.73. The zero-order valence-electron chi connectivity index (χ0n) is 12.6. The minimum atomic E-state index is -3.95. The van der Waals surface area contributed by atoms with Gasteiger partial charge in [0.2, 0.25) is 11.8 Å². The van der Waals surface area contributed by atoms with Crippen molar-refractivity contribution in [1.29, 1.82) is 0 Å². The maximum atomic E-state index is 12.7. The quantitative estimate of drug-likeness (QED) is 0.616. The lowest BCUT2D eigenvalue weighted by atomic mass is 10.2. The first-order valence-corrected chi connectivity index (χ1v) is 8.74. The Kier molecular flexibility index (Phi) is 7.11. The molecule has 0 radical (unpaired) electrons. The average Bonchev–Trinajstić information content (AvgIpc) is 2.45. The SMILES string of the molecule is CCC(CO)NC(=O)CS(=O)(=O)CC(=O)Nc1ccc(F)cc1. The van der Waals surface area contributed by atoms with Crippen LogP contribution in [-0.4, -0.2) is 49.5 Å². The van der Waals surface area contributed by atoms with Crippen LogP contribution in [-0.2, 0) is 19.4 Å². The molecule has 0 saturated heterocycles. The highest BCUT2D eigenvalue weighted by molar-refractivity contribution is 7.92. The molecule has 0 aliphatic carbocycles. The van der Waals surface area contributed by atoms with Crippen LogP contribution in [0.25, 0.3) is 0 Å². The van der Waals surface area contributed by atoms with Crippen LogP contribution in [0.5, 0.6) is 0 Å². The molecule has 1 aromatic carbocycles. The van der Waals surface area contributed by atoms with E-state index in [1.54, 1.807) is 6.92 Å². The molecule has 23 heavy (non-hydrogen) atoms. The Morgan fingerprint density at radius 3 is 2.26 bits per heavy atom. The monoisotopic (exact) mass is 346 g/mol. The molecule has 0 aliphatic heterocycles. The molecule has 1 unspecified atom stereocenters. The third-order valence-electron chi connectivity index (χ3n) is 2.91. The van der Waals surface area contributed by atoms with Crippen LogP contribution in [0.2, 0.25) is 0 Å². The number of sulfone groups is 1. The van der Waals surface area contributed by atoms with Crippen molar-refractivity contribution in [2.24, 2.45) is 0 Å². The van der Waals surface area contributed by atoms with Gasteiger partial charge in [0, 0.05) is 5.69 Å². The van der Waals surface area contributed by atoms with Gasteiger partial charge in [0.05, 0.1) is 12.6 Å². The Balaban J connectivity index is 2.55. The number of carbonyl (C=O) groups excluding carboxylic acids is 2. The van der Waals surface area contributed by atoms with Crippen molar-refractivity contribution >= 4 is 27.3 Å². The van der Waals surface area contributed by atoms with Crippen LogP contribution in [0.15, 0.2) is 24.3 Å². The smallest absolute Gasteiger partial charge is 0.239 e. The molecule has 0 aromatic heterocycles. The van der Waals surface area contributed by atoms with Crippen molar-refractivity contribution in [1.82, 2.24) is 5.32 Å². The number of nitrogens with one attached hydrogen (secondary N) is 2. The molecule has 1 rings (SSSR count). The van der Waals surface area contributed by atoms with Gasteiger partial charge >= 0.3 is 0 Å². The molecule has 0 aliphatic rings. The van der Waals surface area contributed by atoms with Crippen molar-refractivity contribution < 1.29 is 27.5 Å². The van der Waals surface area contributed by atoms with E-state index >= 15 is 0 Å². The van der Waals surface area contributed by atoms with Crippen molar-refractivity contribution in [2.45, 2.75) is 19.4 Å².